The molecule has 1 aromatic rings. The van der Waals surface area contributed by atoms with Crippen molar-refractivity contribution in [2.75, 3.05) is 38.6 Å². The van der Waals surface area contributed by atoms with E-state index in [1.165, 1.54) is 11.3 Å². The van der Waals surface area contributed by atoms with Gasteiger partial charge in [0, 0.05) is 25.3 Å². The number of nitrogens with zero attached hydrogens (tertiary/aromatic N) is 2. The zero-order chi connectivity index (χ0) is 13.8. The molecule has 0 N–H and O–H groups in total. The summed E-state index contributed by atoms with van der Waals surface area (Å²) < 4.78 is 14.1. The number of aryl methyl sites for hydroxylation is 1. The first-order valence-corrected chi connectivity index (χ1v) is 7.08. The third kappa shape index (κ3) is 3.69. The highest BCUT2D eigenvalue weighted by molar-refractivity contribution is 5.52. The molecular formula is C16H24FN2. The van der Waals surface area contributed by atoms with Gasteiger partial charge in [-0.2, -0.15) is 0 Å². The van der Waals surface area contributed by atoms with E-state index in [2.05, 4.69) is 24.0 Å². The zero-order valence-corrected chi connectivity index (χ0v) is 12.2. The number of anilines is 1. The summed E-state index contributed by atoms with van der Waals surface area (Å²) in [6, 6.07) is 9.19. The molecular weight excluding hydrogens is 239 g/mol. The van der Waals surface area contributed by atoms with E-state index in [1.807, 2.05) is 31.1 Å². The van der Waals surface area contributed by atoms with Crippen molar-refractivity contribution in [3.05, 3.63) is 29.8 Å². The molecule has 3 heteroatoms. The summed E-state index contributed by atoms with van der Waals surface area (Å²) in [5.74, 6) is 0.217. The van der Waals surface area contributed by atoms with Crippen LogP contribution in [0.3, 0.4) is 0 Å². The van der Waals surface area contributed by atoms with Gasteiger partial charge in [-0.1, -0.05) is 6.07 Å². The van der Waals surface area contributed by atoms with Crippen molar-refractivity contribution < 1.29 is 4.39 Å². The highest BCUT2D eigenvalue weighted by Crippen LogP contribution is 2.28. The summed E-state index contributed by atoms with van der Waals surface area (Å²) in [5.41, 5.74) is 2.53. The number of alkyl halides is 1. The molecule has 2 rings (SSSR count). The molecule has 1 fully saturated rings. The van der Waals surface area contributed by atoms with Crippen molar-refractivity contribution in [1.29, 1.82) is 0 Å². The van der Waals surface area contributed by atoms with Crippen LogP contribution in [-0.4, -0.2) is 44.8 Å². The molecule has 1 aliphatic heterocycles. The van der Waals surface area contributed by atoms with Gasteiger partial charge in [0.05, 0.1) is 0 Å². The Bertz CT molecular complexity index is 397. The summed E-state index contributed by atoms with van der Waals surface area (Å²) in [6.07, 6.45) is 1.21. The lowest BCUT2D eigenvalue weighted by Gasteiger charge is -2.36. The number of hydrogen-bond donors (Lipinski definition) is 0. The molecule has 1 radical (unpaired) electrons. The quantitative estimate of drug-likeness (QED) is 0.824. The molecule has 0 saturated carbocycles. The second-order valence-corrected chi connectivity index (χ2v) is 5.82. The van der Waals surface area contributed by atoms with Gasteiger partial charge in [-0.3, -0.25) is 0 Å². The van der Waals surface area contributed by atoms with E-state index in [4.69, 9.17) is 0 Å². The molecule has 2 nitrogen and oxygen atoms in total. The Morgan fingerprint density at radius 3 is 2.68 bits per heavy atom. The Hall–Kier alpha value is -1.09. The number of piperidine rings is 1. The van der Waals surface area contributed by atoms with E-state index < -0.39 is 6.17 Å². The fraction of sp³-hybridized carbons (Fsp3) is 0.625. The molecule has 0 spiro atoms. The molecule has 1 atom stereocenters. The standard InChI is InChI=1S/C16H24FN2/c1-13-6-4-5-7-16(13)19-10-8-14(9-11-19)15(17)12-18(2)3/h5-7,14-15H,8-12H2,1-3H3/t15-/m1/s1. The molecule has 0 bridgehead atoms. The first-order valence-electron chi connectivity index (χ1n) is 7.08. The highest BCUT2D eigenvalue weighted by atomic mass is 19.1. The lowest BCUT2D eigenvalue weighted by atomic mass is 9.91. The van der Waals surface area contributed by atoms with Crippen LogP contribution in [0.2, 0.25) is 0 Å². The van der Waals surface area contributed by atoms with Crippen LogP contribution in [0.25, 0.3) is 0 Å². The van der Waals surface area contributed by atoms with Gasteiger partial charge in [0.25, 0.3) is 0 Å². The minimum atomic E-state index is -0.692. The average Bonchev–Trinajstić information content (AvgIpc) is 2.39. The van der Waals surface area contributed by atoms with Crippen LogP contribution in [0, 0.1) is 18.9 Å². The van der Waals surface area contributed by atoms with Crippen LogP contribution >= 0.6 is 0 Å². The van der Waals surface area contributed by atoms with Crippen LogP contribution < -0.4 is 4.90 Å². The molecule has 0 amide bonds. The second kappa shape index (κ2) is 6.38. The largest absolute Gasteiger partial charge is 0.371 e. The van der Waals surface area contributed by atoms with Crippen molar-refractivity contribution in [3.63, 3.8) is 0 Å². The van der Waals surface area contributed by atoms with Gasteiger partial charge >= 0.3 is 0 Å². The summed E-state index contributed by atoms with van der Waals surface area (Å²) in [4.78, 5) is 4.32. The molecule has 0 aliphatic carbocycles. The first-order chi connectivity index (χ1) is 9.08. The number of hydrogen-bond acceptors (Lipinski definition) is 2. The smallest absolute Gasteiger partial charge is 0.116 e. The predicted molar refractivity (Wildman–Crippen MR) is 78.4 cm³/mol. The van der Waals surface area contributed by atoms with Gasteiger partial charge in [0.1, 0.15) is 6.17 Å². The summed E-state index contributed by atoms with van der Waals surface area (Å²) in [7, 11) is 3.87. The van der Waals surface area contributed by atoms with Gasteiger partial charge in [-0.15, -0.1) is 0 Å². The molecule has 0 aromatic heterocycles. The topological polar surface area (TPSA) is 6.48 Å². The minimum Gasteiger partial charge on any atom is -0.371 e. The molecule has 1 aliphatic rings. The molecule has 1 aromatic carbocycles. The minimum absolute atomic E-state index is 0.217. The predicted octanol–water partition coefficient (Wildman–Crippen LogP) is 2.91. The Morgan fingerprint density at radius 1 is 1.42 bits per heavy atom. The molecule has 105 valence electrons. The van der Waals surface area contributed by atoms with E-state index in [0.717, 1.165) is 25.9 Å². The van der Waals surface area contributed by atoms with Crippen molar-refractivity contribution in [1.82, 2.24) is 4.90 Å². The maximum atomic E-state index is 14.1. The third-order valence-corrected chi connectivity index (χ3v) is 3.97. The van der Waals surface area contributed by atoms with Gasteiger partial charge < -0.3 is 9.80 Å². The normalized spacial score (nSPS) is 18.9. The van der Waals surface area contributed by atoms with E-state index in [9.17, 15) is 4.39 Å². The maximum absolute atomic E-state index is 14.1. The van der Waals surface area contributed by atoms with Crippen molar-refractivity contribution in [2.24, 2.45) is 5.92 Å². The van der Waals surface area contributed by atoms with Gasteiger partial charge in [-0.25, -0.2) is 4.39 Å². The zero-order valence-electron chi connectivity index (χ0n) is 12.2. The van der Waals surface area contributed by atoms with E-state index in [-0.39, 0.29) is 5.92 Å². The van der Waals surface area contributed by atoms with E-state index in [0.29, 0.717) is 6.54 Å². The Balaban J connectivity index is 1.91. The number of benzene rings is 1. The van der Waals surface area contributed by atoms with Crippen LogP contribution in [-0.2, 0) is 0 Å². The number of halogens is 1. The van der Waals surface area contributed by atoms with Crippen molar-refractivity contribution >= 4 is 5.69 Å². The molecule has 19 heavy (non-hydrogen) atoms. The monoisotopic (exact) mass is 263 g/mol. The average molecular weight is 263 g/mol. The molecule has 1 saturated heterocycles. The Kier molecular flexibility index (Phi) is 4.81. The van der Waals surface area contributed by atoms with Crippen molar-refractivity contribution in [3.8, 4) is 0 Å². The number of rotatable bonds is 4. The summed E-state index contributed by atoms with van der Waals surface area (Å²) in [6.45, 7) is 4.58. The second-order valence-electron chi connectivity index (χ2n) is 5.82. The highest BCUT2D eigenvalue weighted by Gasteiger charge is 2.27. The Labute approximate surface area is 116 Å². The van der Waals surface area contributed by atoms with Crippen molar-refractivity contribution in [2.45, 2.75) is 25.9 Å². The third-order valence-electron chi connectivity index (χ3n) is 3.97. The first kappa shape index (κ1) is 14.3. The summed E-state index contributed by atoms with van der Waals surface area (Å²) in [5, 5.41) is 0. The van der Waals surface area contributed by atoms with Crippen LogP contribution in [0.4, 0.5) is 10.1 Å². The van der Waals surface area contributed by atoms with Gasteiger partial charge in [0.15, 0.2) is 0 Å². The van der Waals surface area contributed by atoms with E-state index >= 15 is 0 Å². The SMILES string of the molecule is Cc1c[c]ccc1N1CCC([C@H](F)CN(C)C)CC1. The summed E-state index contributed by atoms with van der Waals surface area (Å²) >= 11 is 0. The van der Waals surface area contributed by atoms with E-state index in [1.54, 1.807) is 0 Å². The van der Waals surface area contributed by atoms with Crippen LogP contribution in [0.15, 0.2) is 18.2 Å². The van der Waals surface area contributed by atoms with Crippen LogP contribution in [0.1, 0.15) is 18.4 Å². The fourth-order valence-corrected chi connectivity index (χ4v) is 2.86. The van der Waals surface area contributed by atoms with Gasteiger partial charge in [-0.05, 0) is 63.5 Å². The molecule has 0 unspecified atom stereocenters. The lowest BCUT2D eigenvalue weighted by Crippen LogP contribution is -2.39. The molecule has 1 heterocycles. The van der Waals surface area contributed by atoms with Crippen LogP contribution in [0.5, 0.6) is 0 Å². The lowest BCUT2D eigenvalue weighted by molar-refractivity contribution is 0.155. The van der Waals surface area contributed by atoms with Gasteiger partial charge in [0.2, 0.25) is 0 Å². The fourth-order valence-electron chi connectivity index (χ4n) is 2.86. The maximum Gasteiger partial charge on any atom is 0.116 e. The Morgan fingerprint density at radius 2 is 2.11 bits per heavy atom.